The second kappa shape index (κ2) is 8.12. The summed E-state index contributed by atoms with van der Waals surface area (Å²) in [4.78, 5) is 14.6. The molecular weight excluding hydrogens is 286 g/mol. The van der Waals surface area contributed by atoms with Gasteiger partial charge in [-0.2, -0.15) is 5.26 Å². The Kier molecular flexibility index (Phi) is 6.18. The van der Waals surface area contributed by atoms with Crippen LogP contribution in [0.5, 0.6) is 0 Å². The molecule has 124 valence electrons. The average Bonchev–Trinajstić information content (AvgIpc) is 2.56. The van der Waals surface area contributed by atoms with E-state index in [1.165, 1.54) is 5.56 Å². The van der Waals surface area contributed by atoms with E-state index in [1.807, 2.05) is 18.2 Å². The molecule has 1 amide bonds. The van der Waals surface area contributed by atoms with E-state index >= 15 is 0 Å². The lowest BCUT2D eigenvalue weighted by molar-refractivity contribution is -0.124. The number of nitriles is 1. The Bertz CT molecular complexity index is 541. The molecule has 1 aromatic carbocycles. The van der Waals surface area contributed by atoms with Gasteiger partial charge in [-0.05, 0) is 32.3 Å². The zero-order valence-electron chi connectivity index (χ0n) is 14.2. The van der Waals surface area contributed by atoms with Gasteiger partial charge < -0.3 is 5.32 Å². The summed E-state index contributed by atoms with van der Waals surface area (Å²) >= 11 is 0. The lowest BCUT2D eigenvalue weighted by atomic mass is 9.83. The number of hydrogen-bond acceptors (Lipinski definition) is 3. The van der Waals surface area contributed by atoms with Crippen molar-refractivity contribution in [2.75, 3.05) is 6.54 Å². The molecule has 1 N–H and O–H groups in total. The van der Waals surface area contributed by atoms with E-state index in [2.05, 4.69) is 42.3 Å². The number of rotatable bonds is 6. The number of amides is 1. The first kappa shape index (κ1) is 17.5. The summed E-state index contributed by atoms with van der Waals surface area (Å²) < 4.78 is 0. The quantitative estimate of drug-likeness (QED) is 0.877. The molecule has 0 heterocycles. The van der Waals surface area contributed by atoms with E-state index < -0.39 is 5.54 Å². The zero-order valence-corrected chi connectivity index (χ0v) is 14.2. The largest absolute Gasteiger partial charge is 0.337 e. The maximum Gasteiger partial charge on any atom is 0.235 e. The van der Waals surface area contributed by atoms with Gasteiger partial charge in [0.05, 0.1) is 12.6 Å². The number of hydrogen-bond donors (Lipinski definition) is 1. The summed E-state index contributed by atoms with van der Waals surface area (Å²) in [6, 6.07) is 12.8. The molecule has 0 saturated heterocycles. The summed E-state index contributed by atoms with van der Waals surface area (Å²) in [5.74, 6) is -0.0434. The molecule has 23 heavy (non-hydrogen) atoms. The highest BCUT2D eigenvalue weighted by atomic mass is 16.2. The van der Waals surface area contributed by atoms with E-state index in [0.717, 1.165) is 38.6 Å². The normalized spacial score (nSPS) is 17.0. The van der Waals surface area contributed by atoms with Gasteiger partial charge >= 0.3 is 0 Å². The van der Waals surface area contributed by atoms with Crippen molar-refractivity contribution in [3.05, 3.63) is 35.9 Å². The summed E-state index contributed by atoms with van der Waals surface area (Å²) in [7, 11) is 0. The van der Waals surface area contributed by atoms with Gasteiger partial charge in [-0.25, -0.2) is 0 Å². The molecule has 0 unspecified atom stereocenters. The van der Waals surface area contributed by atoms with Crippen LogP contribution in [-0.2, 0) is 11.3 Å². The molecule has 0 aliphatic heterocycles. The maximum atomic E-state index is 12.5. The van der Waals surface area contributed by atoms with Crippen molar-refractivity contribution in [1.29, 1.82) is 5.26 Å². The maximum absolute atomic E-state index is 12.5. The first-order valence-corrected chi connectivity index (χ1v) is 8.55. The van der Waals surface area contributed by atoms with Crippen molar-refractivity contribution < 1.29 is 4.79 Å². The first-order chi connectivity index (χ1) is 11.0. The zero-order chi connectivity index (χ0) is 16.7. The minimum absolute atomic E-state index is 0.0434. The minimum atomic E-state index is -0.648. The molecule has 2 rings (SSSR count). The van der Waals surface area contributed by atoms with E-state index in [1.54, 1.807) is 0 Å². The fraction of sp³-hybridized carbons (Fsp3) is 0.579. The van der Waals surface area contributed by atoms with Gasteiger partial charge in [0.2, 0.25) is 5.91 Å². The molecule has 1 aliphatic carbocycles. The third kappa shape index (κ3) is 5.07. The van der Waals surface area contributed by atoms with Crippen LogP contribution in [0, 0.1) is 11.3 Å². The molecule has 0 radical (unpaired) electrons. The SMILES string of the molecule is CC(C)N(CC(=O)NC1(C#N)CCCCC1)Cc1ccccc1. The van der Waals surface area contributed by atoms with Crippen molar-refractivity contribution in [3.63, 3.8) is 0 Å². The number of benzene rings is 1. The monoisotopic (exact) mass is 313 g/mol. The Labute approximate surface area is 139 Å². The van der Waals surface area contributed by atoms with Gasteiger partial charge in [-0.15, -0.1) is 0 Å². The molecular formula is C19H27N3O. The fourth-order valence-corrected chi connectivity index (χ4v) is 3.15. The third-order valence-corrected chi connectivity index (χ3v) is 4.61. The predicted molar refractivity (Wildman–Crippen MR) is 91.6 cm³/mol. The van der Waals surface area contributed by atoms with Crippen molar-refractivity contribution >= 4 is 5.91 Å². The molecule has 1 aromatic rings. The van der Waals surface area contributed by atoms with Crippen LogP contribution in [0.15, 0.2) is 30.3 Å². The van der Waals surface area contributed by atoms with E-state index in [4.69, 9.17) is 0 Å². The smallest absolute Gasteiger partial charge is 0.235 e. The van der Waals surface area contributed by atoms with E-state index in [-0.39, 0.29) is 11.9 Å². The highest BCUT2D eigenvalue weighted by molar-refractivity contribution is 5.79. The van der Waals surface area contributed by atoms with Gasteiger partial charge in [0, 0.05) is 12.6 Å². The predicted octanol–water partition coefficient (Wildman–Crippen LogP) is 3.24. The first-order valence-electron chi connectivity index (χ1n) is 8.55. The minimum Gasteiger partial charge on any atom is -0.337 e. The Morgan fingerprint density at radius 3 is 2.48 bits per heavy atom. The number of carbonyl (C=O) groups excluding carboxylic acids is 1. The molecule has 0 aromatic heterocycles. The second-order valence-electron chi connectivity index (χ2n) is 6.79. The average molecular weight is 313 g/mol. The molecule has 0 bridgehead atoms. The van der Waals surface area contributed by atoms with Crippen molar-refractivity contribution in [2.45, 2.75) is 64.1 Å². The van der Waals surface area contributed by atoms with Crippen LogP contribution in [-0.4, -0.2) is 28.9 Å². The lowest BCUT2D eigenvalue weighted by Gasteiger charge is -2.33. The van der Waals surface area contributed by atoms with Gasteiger partial charge in [-0.3, -0.25) is 9.69 Å². The van der Waals surface area contributed by atoms with Gasteiger partial charge in [0.15, 0.2) is 0 Å². The molecule has 0 spiro atoms. The summed E-state index contributed by atoms with van der Waals surface area (Å²) in [6.45, 7) is 5.26. The van der Waals surface area contributed by atoms with Crippen LogP contribution in [0.1, 0.15) is 51.5 Å². The van der Waals surface area contributed by atoms with Crippen molar-refractivity contribution in [2.24, 2.45) is 0 Å². The molecule has 4 nitrogen and oxygen atoms in total. The van der Waals surface area contributed by atoms with E-state index in [9.17, 15) is 10.1 Å². The molecule has 4 heteroatoms. The standard InChI is InChI=1S/C19H27N3O/c1-16(2)22(13-17-9-5-3-6-10-17)14-18(23)21-19(15-20)11-7-4-8-12-19/h3,5-6,9-10,16H,4,7-8,11-14H2,1-2H3,(H,21,23). The highest BCUT2D eigenvalue weighted by Crippen LogP contribution is 2.27. The molecule has 1 fully saturated rings. The van der Waals surface area contributed by atoms with Crippen molar-refractivity contribution in [3.8, 4) is 6.07 Å². The number of nitrogens with one attached hydrogen (secondary N) is 1. The topological polar surface area (TPSA) is 56.1 Å². The lowest BCUT2D eigenvalue weighted by Crippen LogP contribution is -2.52. The Balaban J connectivity index is 1.96. The van der Waals surface area contributed by atoms with Crippen LogP contribution in [0.2, 0.25) is 0 Å². The van der Waals surface area contributed by atoms with Crippen LogP contribution in [0.3, 0.4) is 0 Å². The van der Waals surface area contributed by atoms with Crippen LogP contribution in [0.25, 0.3) is 0 Å². The molecule has 1 saturated carbocycles. The molecule has 0 atom stereocenters. The third-order valence-electron chi connectivity index (χ3n) is 4.61. The van der Waals surface area contributed by atoms with Crippen LogP contribution >= 0.6 is 0 Å². The molecule has 1 aliphatic rings. The fourth-order valence-electron chi connectivity index (χ4n) is 3.15. The Morgan fingerprint density at radius 2 is 1.91 bits per heavy atom. The summed E-state index contributed by atoms with van der Waals surface area (Å²) in [5.41, 5.74) is 0.548. The van der Waals surface area contributed by atoms with Gasteiger partial charge in [0.25, 0.3) is 0 Å². The van der Waals surface area contributed by atoms with Crippen LogP contribution in [0.4, 0.5) is 0 Å². The summed E-state index contributed by atoms with van der Waals surface area (Å²) in [5, 5.41) is 12.5. The van der Waals surface area contributed by atoms with Gasteiger partial charge in [-0.1, -0.05) is 49.6 Å². The Morgan fingerprint density at radius 1 is 1.26 bits per heavy atom. The Hall–Kier alpha value is -1.86. The van der Waals surface area contributed by atoms with Gasteiger partial charge in [0.1, 0.15) is 5.54 Å². The number of nitrogens with zero attached hydrogens (tertiary/aromatic N) is 2. The van der Waals surface area contributed by atoms with E-state index in [0.29, 0.717) is 6.54 Å². The second-order valence-corrected chi connectivity index (χ2v) is 6.79. The summed E-state index contributed by atoms with van der Waals surface area (Å²) in [6.07, 6.45) is 4.74. The van der Waals surface area contributed by atoms with Crippen LogP contribution < -0.4 is 5.32 Å². The van der Waals surface area contributed by atoms with Crippen molar-refractivity contribution in [1.82, 2.24) is 10.2 Å². The highest BCUT2D eigenvalue weighted by Gasteiger charge is 2.33. The number of carbonyl (C=O) groups is 1.